The Kier molecular flexibility index (Phi) is 6.16. The number of carbonyl (C=O) groups excluding carboxylic acids is 1. The van der Waals surface area contributed by atoms with Crippen LogP contribution in [0.15, 0.2) is 41.3 Å². The summed E-state index contributed by atoms with van der Waals surface area (Å²) >= 11 is 6.38. The monoisotopic (exact) mass is 462 g/mol. The molecule has 0 unspecified atom stereocenters. The maximum absolute atomic E-state index is 12.9. The first-order chi connectivity index (χ1) is 14.4. The van der Waals surface area contributed by atoms with Gasteiger partial charge in [-0.1, -0.05) is 23.7 Å². The minimum atomic E-state index is -3.90. The van der Waals surface area contributed by atoms with Crippen molar-refractivity contribution in [2.45, 2.75) is 31.7 Å². The molecule has 1 atom stereocenters. The van der Waals surface area contributed by atoms with Crippen molar-refractivity contribution in [3.8, 4) is 0 Å². The fourth-order valence-corrected chi connectivity index (χ4v) is 4.93. The molecule has 1 amide bonds. The van der Waals surface area contributed by atoms with E-state index in [4.69, 9.17) is 16.7 Å². The summed E-state index contributed by atoms with van der Waals surface area (Å²) in [6.45, 7) is 5.73. The quantitative estimate of drug-likeness (QED) is 0.579. The molecule has 0 radical (unpaired) electrons. The highest BCUT2D eigenvalue weighted by Crippen LogP contribution is 2.31. The van der Waals surface area contributed by atoms with Crippen LogP contribution in [0.1, 0.15) is 40.1 Å². The number of aromatic nitrogens is 1. The maximum atomic E-state index is 12.9. The molecule has 0 aliphatic heterocycles. The molecule has 31 heavy (non-hydrogen) atoms. The van der Waals surface area contributed by atoms with Gasteiger partial charge in [-0.15, -0.1) is 0 Å². The summed E-state index contributed by atoms with van der Waals surface area (Å²) < 4.78 is 25.9. The van der Waals surface area contributed by atoms with Crippen molar-refractivity contribution in [1.29, 1.82) is 0 Å². The van der Waals surface area contributed by atoms with E-state index < -0.39 is 27.6 Å². The van der Waals surface area contributed by atoms with Crippen LogP contribution in [0.2, 0.25) is 5.02 Å². The molecular formula is C22H23ClN2O5S. The van der Waals surface area contributed by atoms with Crippen molar-refractivity contribution in [2.24, 2.45) is 7.05 Å². The third-order valence-corrected chi connectivity index (χ3v) is 7.34. The van der Waals surface area contributed by atoms with Crippen LogP contribution in [0.25, 0.3) is 10.9 Å². The highest BCUT2D eigenvalue weighted by molar-refractivity contribution is 7.92. The van der Waals surface area contributed by atoms with Crippen molar-refractivity contribution in [1.82, 2.24) is 9.88 Å². The zero-order valence-corrected chi connectivity index (χ0v) is 19.1. The SMILES string of the molecule is Cc1cc(Cl)c2cc(C(=O)N[C@H](C)c3ccc(S(=O)(=O)CC(=O)O)cc3)n(C)c2c1C. The Morgan fingerprint density at radius 2 is 1.77 bits per heavy atom. The van der Waals surface area contributed by atoms with Gasteiger partial charge in [0.25, 0.3) is 5.91 Å². The fourth-order valence-electron chi connectivity index (χ4n) is 3.58. The molecule has 0 bridgehead atoms. The second-order valence-corrected chi connectivity index (χ2v) is 9.96. The van der Waals surface area contributed by atoms with Gasteiger partial charge in [-0.2, -0.15) is 0 Å². The second kappa shape index (κ2) is 8.36. The average molecular weight is 463 g/mol. The molecule has 0 fully saturated rings. The number of hydrogen-bond acceptors (Lipinski definition) is 4. The van der Waals surface area contributed by atoms with Crippen LogP contribution in [0.4, 0.5) is 0 Å². The lowest BCUT2D eigenvalue weighted by atomic mass is 10.1. The highest BCUT2D eigenvalue weighted by atomic mass is 35.5. The number of nitrogens with zero attached hydrogens (tertiary/aromatic N) is 1. The number of amides is 1. The third-order valence-electron chi connectivity index (χ3n) is 5.41. The van der Waals surface area contributed by atoms with Gasteiger partial charge in [0.2, 0.25) is 0 Å². The largest absolute Gasteiger partial charge is 0.480 e. The smallest absolute Gasteiger partial charge is 0.319 e. The van der Waals surface area contributed by atoms with Gasteiger partial charge >= 0.3 is 5.97 Å². The summed E-state index contributed by atoms with van der Waals surface area (Å²) in [5.74, 6) is -2.67. The standard InChI is InChI=1S/C22H23ClN2O5S/c1-12-9-18(23)17-10-19(25(4)21(17)13(12)2)22(28)24-14(3)15-5-7-16(8-6-15)31(29,30)11-20(26)27/h5-10,14H,11H2,1-4H3,(H,24,28)(H,26,27)/t14-/m1/s1. The summed E-state index contributed by atoms with van der Waals surface area (Å²) in [5, 5.41) is 13.0. The van der Waals surface area contributed by atoms with E-state index in [9.17, 15) is 18.0 Å². The zero-order valence-electron chi connectivity index (χ0n) is 17.6. The lowest BCUT2D eigenvalue weighted by Crippen LogP contribution is -2.28. The molecule has 164 valence electrons. The maximum Gasteiger partial charge on any atom is 0.319 e. The Morgan fingerprint density at radius 1 is 1.16 bits per heavy atom. The van der Waals surface area contributed by atoms with E-state index in [1.165, 1.54) is 12.1 Å². The molecule has 1 aromatic heterocycles. The van der Waals surface area contributed by atoms with Gasteiger partial charge < -0.3 is 15.0 Å². The van der Waals surface area contributed by atoms with Gasteiger partial charge in [0.1, 0.15) is 5.69 Å². The fraction of sp³-hybridized carbons (Fsp3) is 0.273. The number of fused-ring (bicyclic) bond motifs is 1. The summed E-state index contributed by atoms with van der Waals surface area (Å²) in [7, 11) is -2.09. The predicted octanol–water partition coefficient (Wildman–Crippen LogP) is 3.80. The first kappa shape index (κ1) is 22.8. The predicted molar refractivity (Wildman–Crippen MR) is 119 cm³/mol. The lowest BCUT2D eigenvalue weighted by molar-refractivity contribution is -0.134. The van der Waals surface area contributed by atoms with Crippen LogP contribution in [0, 0.1) is 13.8 Å². The first-order valence-corrected chi connectivity index (χ1v) is 11.6. The molecule has 3 rings (SSSR count). The van der Waals surface area contributed by atoms with Gasteiger partial charge in [-0.25, -0.2) is 8.42 Å². The summed E-state index contributed by atoms with van der Waals surface area (Å²) in [6, 6.07) is 9.05. The van der Waals surface area contributed by atoms with E-state index in [0.717, 1.165) is 22.0 Å². The molecule has 7 nitrogen and oxygen atoms in total. The van der Waals surface area contributed by atoms with Gasteiger partial charge in [0, 0.05) is 12.4 Å². The number of sulfone groups is 1. The van der Waals surface area contributed by atoms with Crippen LogP contribution < -0.4 is 5.32 Å². The number of aryl methyl sites for hydroxylation is 3. The van der Waals surface area contributed by atoms with E-state index >= 15 is 0 Å². The normalized spacial score (nSPS) is 12.7. The summed E-state index contributed by atoms with van der Waals surface area (Å²) in [4.78, 5) is 23.6. The van der Waals surface area contributed by atoms with Crippen LogP contribution >= 0.6 is 11.6 Å². The Morgan fingerprint density at radius 3 is 2.35 bits per heavy atom. The van der Waals surface area contributed by atoms with E-state index in [-0.39, 0.29) is 10.8 Å². The number of hydrogen-bond donors (Lipinski definition) is 2. The zero-order chi connectivity index (χ0) is 23.1. The number of halogens is 1. The molecule has 3 aromatic rings. The third kappa shape index (κ3) is 4.45. The first-order valence-electron chi connectivity index (χ1n) is 9.53. The van der Waals surface area contributed by atoms with E-state index in [2.05, 4.69) is 5.32 Å². The number of carboxylic acid groups (broad SMARTS) is 1. The topological polar surface area (TPSA) is 105 Å². The van der Waals surface area contributed by atoms with Gasteiger partial charge in [0.15, 0.2) is 15.6 Å². The Bertz CT molecular complexity index is 1290. The second-order valence-electron chi connectivity index (χ2n) is 7.57. The molecule has 0 aliphatic rings. The molecule has 1 heterocycles. The average Bonchev–Trinajstić information content (AvgIpc) is 3.03. The van der Waals surface area contributed by atoms with Crippen molar-refractivity contribution in [3.05, 3.63) is 63.8 Å². The van der Waals surface area contributed by atoms with Crippen LogP contribution in [-0.4, -0.2) is 35.7 Å². The Hall–Kier alpha value is -2.84. The summed E-state index contributed by atoms with van der Waals surface area (Å²) in [5.41, 5.74) is 4.13. The van der Waals surface area contributed by atoms with Crippen molar-refractivity contribution >= 4 is 44.2 Å². The van der Waals surface area contributed by atoms with Crippen LogP contribution in [0.5, 0.6) is 0 Å². The molecule has 0 saturated heterocycles. The Balaban J connectivity index is 1.84. The molecule has 9 heteroatoms. The van der Waals surface area contributed by atoms with Gasteiger partial charge in [0.05, 0.1) is 21.5 Å². The molecule has 0 spiro atoms. The minimum absolute atomic E-state index is 0.0775. The number of carbonyl (C=O) groups is 2. The minimum Gasteiger partial charge on any atom is -0.480 e. The number of nitrogens with one attached hydrogen (secondary N) is 1. The van der Waals surface area contributed by atoms with Gasteiger partial charge in [-0.05, 0) is 61.7 Å². The number of benzene rings is 2. The van der Waals surface area contributed by atoms with E-state index in [0.29, 0.717) is 16.3 Å². The molecule has 0 aliphatic carbocycles. The van der Waals surface area contributed by atoms with E-state index in [1.807, 2.05) is 31.5 Å². The Labute approximate surface area is 185 Å². The van der Waals surface area contributed by atoms with Crippen LogP contribution in [-0.2, 0) is 21.7 Å². The summed E-state index contributed by atoms with van der Waals surface area (Å²) in [6.07, 6.45) is 0. The molecular weight excluding hydrogens is 440 g/mol. The van der Waals surface area contributed by atoms with Crippen molar-refractivity contribution < 1.29 is 23.1 Å². The van der Waals surface area contributed by atoms with Crippen molar-refractivity contribution in [3.63, 3.8) is 0 Å². The van der Waals surface area contributed by atoms with Crippen molar-refractivity contribution in [2.75, 3.05) is 5.75 Å². The molecule has 2 aromatic carbocycles. The number of carboxylic acids is 1. The van der Waals surface area contributed by atoms with Gasteiger partial charge in [-0.3, -0.25) is 9.59 Å². The highest BCUT2D eigenvalue weighted by Gasteiger charge is 2.21. The van der Waals surface area contributed by atoms with E-state index in [1.54, 1.807) is 25.1 Å². The lowest BCUT2D eigenvalue weighted by Gasteiger charge is -2.15. The number of rotatable bonds is 6. The van der Waals surface area contributed by atoms with Crippen LogP contribution in [0.3, 0.4) is 0 Å². The molecule has 2 N–H and O–H groups in total. The number of aliphatic carboxylic acids is 1. The molecule has 0 saturated carbocycles.